The first-order valence-corrected chi connectivity index (χ1v) is 13.7. The molecule has 2 aromatic carbocycles. The summed E-state index contributed by atoms with van der Waals surface area (Å²) in [5.74, 6) is 1.22. The SMILES string of the molecule is Cc1ccc(C(=O)N2CCC(c3ccc(C#N)cc3)CC2)cc1NC(=O)NCc1cccc(N2CCOCC2)n1. The van der Waals surface area contributed by atoms with E-state index in [9.17, 15) is 9.59 Å². The van der Waals surface area contributed by atoms with Gasteiger partial charge in [0.2, 0.25) is 0 Å². The maximum Gasteiger partial charge on any atom is 0.319 e. The van der Waals surface area contributed by atoms with Gasteiger partial charge in [-0.1, -0.05) is 24.3 Å². The minimum atomic E-state index is -0.352. The molecule has 9 heteroatoms. The first-order valence-electron chi connectivity index (χ1n) is 13.7. The van der Waals surface area contributed by atoms with Crippen LogP contribution in [0.2, 0.25) is 0 Å². The molecule has 2 aliphatic rings. The number of carbonyl (C=O) groups excluding carboxylic acids is 2. The lowest BCUT2D eigenvalue weighted by Gasteiger charge is -2.32. The second-order valence-corrected chi connectivity index (χ2v) is 10.2. The minimum absolute atomic E-state index is 0.0362. The number of hydrogen-bond acceptors (Lipinski definition) is 6. The Balaban J connectivity index is 1.15. The van der Waals surface area contributed by atoms with Gasteiger partial charge in [-0.3, -0.25) is 4.79 Å². The lowest BCUT2D eigenvalue weighted by Crippen LogP contribution is -2.38. The highest BCUT2D eigenvalue weighted by Crippen LogP contribution is 2.29. The number of hydrogen-bond donors (Lipinski definition) is 2. The molecule has 2 N–H and O–H groups in total. The zero-order chi connectivity index (χ0) is 27.9. The molecule has 3 aromatic rings. The van der Waals surface area contributed by atoms with Crippen LogP contribution in [0.25, 0.3) is 0 Å². The molecule has 0 radical (unpaired) electrons. The first kappa shape index (κ1) is 27.2. The molecule has 0 spiro atoms. The van der Waals surface area contributed by atoms with Crippen molar-refractivity contribution in [3.63, 3.8) is 0 Å². The lowest BCUT2D eigenvalue weighted by atomic mass is 9.89. The predicted molar refractivity (Wildman–Crippen MR) is 153 cm³/mol. The highest BCUT2D eigenvalue weighted by Gasteiger charge is 2.25. The third-order valence-corrected chi connectivity index (χ3v) is 7.58. The number of likely N-dealkylation sites (tertiary alicyclic amines) is 1. The monoisotopic (exact) mass is 538 g/mol. The Bertz CT molecular complexity index is 1390. The van der Waals surface area contributed by atoms with Crippen LogP contribution in [-0.2, 0) is 11.3 Å². The normalized spacial score (nSPS) is 15.8. The average molecular weight is 539 g/mol. The van der Waals surface area contributed by atoms with Crippen LogP contribution in [0.3, 0.4) is 0 Å². The van der Waals surface area contributed by atoms with E-state index in [1.54, 1.807) is 6.07 Å². The molecule has 1 aromatic heterocycles. The fourth-order valence-electron chi connectivity index (χ4n) is 5.19. The molecule has 2 aliphatic heterocycles. The van der Waals surface area contributed by atoms with E-state index in [4.69, 9.17) is 10.00 Å². The van der Waals surface area contributed by atoms with Crippen LogP contribution in [0.4, 0.5) is 16.3 Å². The highest BCUT2D eigenvalue weighted by atomic mass is 16.5. The summed E-state index contributed by atoms with van der Waals surface area (Å²) >= 11 is 0. The molecule has 2 saturated heterocycles. The smallest absolute Gasteiger partial charge is 0.319 e. The second-order valence-electron chi connectivity index (χ2n) is 10.2. The summed E-state index contributed by atoms with van der Waals surface area (Å²) in [6.07, 6.45) is 1.75. The van der Waals surface area contributed by atoms with Crippen molar-refractivity contribution in [2.24, 2.45) is 0 Å². The Morgan fingerprint density at radius 1 is 1.02 bits per heavy atom. The summed E-state index contributed by atoms with van der Waals surface area (Å²) in [6, 6.07) is 20.8. The summed E-state index contributed by atoms with van der Waals surface area (Å²) in [7, 11) is 0. The van der Waals surface area contributed by atoms with Crippen LogP contribution in [-0.4, -0.2) is 61.2 Å². The third-order valence-electron chi connectivity index (χ3n) is 7.58. The number of nitrogens with one attached hydrogen (secondary N) is 2. The van der Waals surface area contributed by atoms with Gasteiger partial charge in [-0.2, -0.15) is 5.26 Å². The van der Waals surface area contributed by atoms with E-state index >= 15 is 0 Å². The molecule has 206 valence electrons. The molecule has 5 rings (SSSR count). The van der Waals surface area contributed by atoms with Gasteiger partial charge in [0, 0.05) is 37.4 Å². The number of rotatable bonds is 6. The second kappa shape index (κ2) is 12.6. The van der Waals surface area contributed by atoms with Crippen molar-refractivity contribution in [3.8, 4) is 6.07 Å². The Labute approximate surface area is 234 Å². The Kier molecular flexibility index (Phi) is 8.57. The molecule has 0 saturated carbocycles. The van der Waals surface area contributed by atoms with E-state index in [0.717, 1.165) is 43.0 Å². The standard InChI is InChI=1S/C31H34N6O3/c1-22-5-8-26(30(38)37-13-11-25(12-14-37)24-9-6-23(20-32)7-10-24)19-28(22)35-31(39)33-21-27-3-2-4-29(34-27)36-15-17-40-18-16-36/h2-10,19,25H,11-18,21H2,1H3,(H2,33,35,39). The summed E-state index contributed by atoms with van der Waals surface area (Å²) in [5, 5.41) is 14.8. The number of carbonyl (C=O) groups is 2. The van der Waals surface area contributed by atoms with Gasteiger partial charge in [0.1, 0.15) is 5.82 Å². The number of urea groups is 1. The van der Waals surface area contributed by atoms with Crippen molar-refractivity contribution in [3.05, 3.63) is 88.6 Å². The van der Waals surface area contributed by atoms with Crippen molar-refractivity contribution < 1.29 is 14.3 Å². The van der Waals surface area contributed by atoms with E-state index < -0.39 is 0 Å². The summed E-state index contributed by atoms with van der Waals surface area (Å²) < 4.78 is 5.41. The van der Waals surface area contributed by atoms with Gasteiger partial charge in [0.05, 0.1) is 37.1 Å². The number of amides is 3. The number of aryl methyl sites for hydroxylation is 1. The van der Waals surface area contributed by atoms with E-state index in [-0.39, 0.29) is 18.5 Å². The predicted octanol–water partition coefficient (Wildman–Crippen LogP) is 4.44. The molecule has 0 aliphatic carbocycles. The van der Waals surface area contributed by atoms with E-state index in [1.807, 2.05) is 66.4 Å². The van der Waals surface area contributed by atoms with Crippen molar-refractivity contribution in [1.29, 1.82) is 5.26 Å². The fourth-order valence-corrected chi connectivity index (χ4v) is 5.19. The molecular weight excluding hydrogens is 504 g/mol. The third kappa shape index (κ3) is 6.58. The van der Waals surface area contributed by atoms with Crippen molar-refractivity contribution in [2.75, 3.05) is 49.6 Å². The average Bonchev–Trinajstić information content (AvgIpc) is 3.01. The highest BCUT2D eigenvalue weighted by molar-refractivity contribution is 5.97. The Morgan fingerprint density at radius 2 is 1.77 bits per heavy atom. The van der Waals surface area contributed by atoms with E-state index in [1.165, 1.54) is 5.56 Å². The minimum Gasteiger partial charge on any atom is -0.378 e. The molecule has 2 fully saturated rings. The zero-order valence-corrected chi connectivity index (χ0v) is 22.7. The Morgan fingerprint density at radius 3 is 2.50 bits per heavy atom. The van der Waals surface area contributed by atoms with Gasteiger partial charge in [-0.15, -0.1) is 0 Å². The molecule has 0 atom stereocenters. The molecule has 3 heterocycles. The van der Waals surface area contributed by atoms with Gasteiger partial charge < -0.3 is 25.2 Å². The molecule has 3 amide bonds. The van der Waals surface area contributed by atoms with Crippen molar-refractivity contribution in [2.45, 2.75) is 32.2 Å². The maximum absolute atomic E-state index is 13.3. The van der Waals surface area contributed by atoms with Gasteiger partial charge in [0.25, 0.3) is 5.91 Å². The lowest BCUT2D eigenvalue weighted by molar-refractivity contribution is 0.0713. The largest absolute Gasteiger partial charge is 0.378 e. The Hall–Kier alpha value is -4.42. The number of pyridine rings is 1. The maximum atomic E-state index is 13.3. The number of nitrogens with zero attached hydrogens (tertiary/aromatic N) is 4. The summed E-state index contributed by atoms with van der Waals surface area (Å²) in [5.41, 5.74) is 4.66. The molecule has 0 bridgehead atoms. The quantitative estimate of drug-likeness (QED) is 0.480. The topological polar surface area (TPSA) is 111 Å². The summed E-state index contributed by atoms with van der Waals surface area (Å²) in [4.78, 5) is 34.7. The van der Waals surface area contributed by atoms with Gasteiger partial charge in [0.15, 0.2) is 0 Å². The van der Waals surface area contributed by atoms with Crippen LogP contribution >= 0.6 is 0 Å². The van der Waals surface area contributed by atoms with Crippen LogP contribution in [0.15, 0.2) is 60.7 Å². The zero-order valence-electron chi connectivity index (χ0n) is 22.7. The molecule has 40 heavy (non-hydrogen) atoms. The van der Waals surface area contributed by atoms with Crippen LogP contribution in [0, 0.1) is 18.3 Å². The van der Waals surface area contributed by atoms with Crippen LogP contribution < -0.4 is 15.5 Å². The van der Waals surface area contributed by atoms with E-state index in [2.05, 4.69) is 26.6 Å². The molecule has 0 unspecified atom stereocenters. The number of nitriles is 1. The number of aromatic nitrogens is 1. The number of morpholine rings is 1. The molecular formula is C31H34N6O3. The van der Waals surface area contributed by atoms with Gasteiger partial charge >= 0.3 is 6.03 Å². The van der Waals surface area contributed by atoms with Gasteiger partial charge in [-0.25, -0.2) is 9.78 Å². The van der Waals surface area contributed by atoms with Crippen molar-refractivity contribution in [1.82, 2.24) is 15.2 Å². The number of anilines is 2. The number of piperidine rings is 1. The first-order chi connectivity index (χ1) is 19.5. The van der Waals surface area contributed by atoms with Crippen molar-refractivity contribution >= 4 is 23.4 Å². The van der Waals surface area contributed by atoms with Gasteiger partial charge in [-0.05, 0) is 73.2 Å². The van der Waals surface area contributed by atoms with Crippen LogP contribution in [0.5, 0.6) is 0 Å². The van der Waals surface area contributed by atoms with E-state index in [0.29, 0.717) is 49.0 Å². The van der Waals surface area contributed by atoms with Crippen LogP contribution in [0.1, 0.15) is 51.5 Å². The number of ether oxygens (including phenoxy) is 1. The fraction of sp³-hybridized carbons (Fsp3) is 0.355. The number of benzene rings is 2. The molecule has 9 nitrogen and oxygen atoms in total. The summed E-state index contributed by atoms with van der Waals surface area (Å²) in [6.45, 7) is 6.49.